The van der Waals surface area contributed by atoms with Gasteiger partial charge in [-0.25, -0.2) is 0 Å². The van der Waals surface area contributed by atoms with Crippen LogP contribution in [0.15, 0.2) is 52.5 Å². The predicted molar refractivity (Wildman–Crippen MR) is 88.0 cm³/mol. The molecule has 0 radical (unpaired) electrons. The summed E-state index contributed by atoms with van der Waals surface area (Å²) >= 11 is 2.03. The summed E-state index contributed by atoms with van der Waals surface area (Å²) < 4.78 is 6.04. The second-order valence-corrected chi connectivity index (χ2v) is 5.48. The Hall–Kier alpha value is -2.07. The van der Waals surface area contributed by atoms with Crippen LogP contribution in [-0.4, -0.2) is 5.91 Å². The number of furan rings is 1. The molecule has 0 aliphatic heterocycles. The lowest BCUT2D eigenvalue weighted by Gasteiger charge is -2.13. The molecular weight excluding hydrogens is 379 g/mol. The number of carbonyl (C=O) groups is 1. The maximum Gasteiger partial charge on any atom is 0.262 e. The summed E-state index contributed by atoms with van der Waals surface area (Å²) in [5, 5.41) is 11.9. The minimum atomic E-state index is -0.416. The van der Waals surface area contributed by atoms with Crippen LogP contribution in [0.5, 0.6) is 0 Å². The predicted octanol–water partition coefficient (Wildman–Crippen LogP) is 3.67. The number of hydrogen-bond donors (Lipinski definition) is 1. The van der Waals surface area contributed by atoms with E-state index < -0.39 is 5.91 Å². The van der Waals surface area contributed by atoms with Crippen molar-refractivity contribution in [3.63, 3.8) is 0 Å². The molecule has 2 aromatic rings. The van der Waals surface area contributed by atoms with Gasteiger partial charge in [0.2, 0.25) is 0 Å². The van der Waals surface area contributed by atoms with E-state index in [1.54, 1.807) is 12.1 Å². The van der Waals surface area contributed by atoms with Crippen LogP contribution in [0.3, 0.4) is 0 Å². The highest BCUT2D eigenvalue weighted by molar-refractivity contribution is 14.1. The van der Waals surface area contributed by atoms with E-state index in [2.05, 4.69) is 5.32 Å². The Morgan fingerprint density at radius 2 is 2.05 bits per heavy atom. The fraction of sp³-hybridized carbons (Fsp3) is 0.125. The molecule has 21 heavy (non-hydrogen) atoms. The second-order valence-electron chi connectivity index (χ2n) is 4.42. The highest BCUT2D eigenvalue weighted by Gasteiger charge is 2.14. The van der Waals surface area contributed by atoms with E-state index in [1.807, 2.05) is 65.9 Å². The molecule has 1 atom stereocenters. The zero-order valence-electron chi connectivity index (χ0n) is 11.3. The van der Waals surface area contributed by atoms with E-state index in [0.29, 0.717) is 9.53 Å². The number of nitrogens with one attached hydrogen (secondary N) is 1. The third kappa shape index (κ3) is 4.20. The number of amides is 1. The lowest BCUT2D eigenvalue weighted by Crippen LogP contribution is -2.27. The maximum absolute atomic E-state index is 12.1. The van der Waals surface area contributed by atoms with Gasteiger partial charge in [0, 0.05) is 6.08 Å². The number of carbonyl (C=O) groups excluding carboxylic acids is 1. The molecule has 4 nitrogen and oxygen atoms in total. The molecule has 2 rings (SSSR count). The SMILES string of the molecule is C[C@H](NC(=O)/C(C#N)=C/c1ccc(I)o1)c1ccccc1. The molecule has 106 valence electrons. The maximum atomic E-state index is 12.1. The second kappa shape index (κ2) is 7.09. The Kier molecular flexibility index (Phi) is 5.17. The van der Waals surface area contributed by atoms with E-state index in [4.69, 9.17) is 9.68 Å². The van der Waals surface area contributed by atoms with Gasteiger partial charge in [-0.3, -0.25) is 4.79 Å². The Balaban J connectivity index is 2.11. The van der Waals surface area contributed by atoms with Gasteiger partial charge in [-0.2, -0.15) is 5.26 Å². The number of benzene rings is 1. The molecule has 1 aromatic heterocycles. The largest absolute Gasteiger partial charge is 0.451 e. The third-order valence-electron chi connectivity index (χ3n) is 2.89. The van der Waals surface area contributed by atoms with E-state index in [1.165, 1.54) is 6.08 Å². The van der Waals surface area contributed by atoms with Crippen LogP contribution in [0, 0.1) is 15.1 Å². The van der Waals surface area contributed by atoms with Gasteiger partial charge < -0.3 is 9.73 Å². The summed E-state index contributed by atoms with van der Waals surface area (Å²) in [6, 6.07) is 14.8. The van der Waals surface area contributed by atoms with Gasteiger partial charge in [0.25, 0.3) is 5.91 Å². The van der Waals surface area contributed by atoms with E-state index in [9.17, 15) is 4.79 Å². The Morgan fingerprint density at radius 3 is 2.62 bits per heavy atom. The summed E-state index contributed by atoms with van der Waals surface area (Å²) in [5.41, 5.74) is 0.999. The number of hydrogen-bond acceptors (Lipinski definition) is 3. The third-order valence-corrected chi connectivity index (χ3v) is 3.47. The number of nitriles is 1. The van der Waals surface area contributed by atoms with Gasteiger partial charge in [-0.05, 0) is 47.2 Å². The van der Waals surface area contributed by atoms with Crippen molar-refractivity contribution >= 4 is 34.6 Å². The molecule has 1 aromatic carbocycles. The van der Waals surface area contributed by atoms with E-state index in [-0.39, 0.29) is 11.6 Å². The minimum Gasteiger partial charge on any atom is -0.451 e. The fourth-order valence-corrected chi connectivity index (χ4v) is 2.23. The molecule has 0 aliphatic carbocycles. The summed E-state index contributed by atoms with van der Waals surface area (Å²) in [7, 11) is 0. The standard InChI is InChI=1S/C16H13IN2O2/c1-11(12-5-3-2-4-6-12)19-16(20)13(10-18)9-14-7-8-15(17)21-14/h2-9,11H,1H3,(H,19,20)/b13-9+/t11-/m0/s1. The van der Waals surface area contributed by atoms with Gasteiger partial charge in [-0.1, -0.05) is 30.3 Å². The molecule has 0 unspecified atom stereocenters. The quantitative estimate of drug-likeness (QED) is 0.491. The van der Waals surface area contributed by atoms with Crippen LogP contribution in [0.1, 0.15) is 24.3 Å². The monoisotopic (exact) mass is 392 g/mol. The summed E-state index contributed by atoms with van der Waals surface area (Å²) in [6.07, 6.45) is 1.44. The molecule has 5 heteroatoms. The topological polar surface area (TPSA) is 66.0 Å². The van der Waals surface area contributed by atoms with Crippen LogP contribution < -0.4 is 5.32 Å². The first-order valence-corrected chi connectivity index (χ1v) is 7.41. The van der Waals surface area contributed by atoms with E-state index >= 15 is 0 Å². The summed E-state index contributed by atoms with van der Waals surface area (Å²) in [5.74, 6) is 0.0683. The fourth-order valence-electron chi connectivity index (χ4n) is 1.80. The molecule has 0 fully saturated rings. The minimum absolute atomic E-state index is 0.0172. The molecule has 1 heterocycles. The highest BCUT2D eigenvalue weighted by Crippen LogP contribution is 2.15. The van der Waals surface area contributed by atoms with Gasteiger partial charge in [-0.15, -0.1) is 0 Å². The smallest absolute Gasteiger partial charge is 0.262 e. The number of rotatable bonds is 4. The summed E-state index contributed by atoms with van der Waals surface area (Å²) in [4.78, 5) is 12.1. The molecule has 0 saturated carbocycles. The first kappa shape index (κ1) is 15.3. The molecule has 0 spiro atoms. The average Bonchev–Trinajstić information content (AvgIpc) is 2.90. The Morgan fingerprint density at radius 1 is 1.33 bits per heavy atom. The molecular formula is C16H13IN2O2. The van der Waals surface area contributed by atoms with E-state index in [0.717, 1.165) is 5.56 Å². The van der Waals surface area contributed by atoms with Gasteiger partial charge in [0.1, 0.15) is 17.4 Å². The van der Waals surface area contributed by atoms with Crippen molar-refractivity contribution in [2.24, 2.45) is 0 Å². The normalized spacial score (nSPS) is 12.5. The Labute approximate surface area is 136 Å². The van der Waals surface area contributed by atoms with Crippen molar-refractivity contribution in [1.82, 2.24) is 5.32 Å². The van der Waals surface area contributed by atoms with Crippen LogP contribution in [0.4, 0.5) is 0 Å². The van der Waals surface area contributed by atoms with Crippen LogP contribution in [0.25, 0.3) is 6.08 Å². The van der Waals surface area contributed by atoms with Crippen LogP contribution >= 0.6 is 22.6 Å². The van der Waals surface area contributed by atoms with Gasteiger partial charge in [0.05, 0.1) is 6.04 Å². The first-order chi connectivity index (χ1) is 10.1. The molecule has 1 N–H and O–H groups in total. The van der Waals surface area contributed by atoms with Crippen molar-refractivity contribution in [2.75, 3.05) is 0 Å². The lowest BCUT2D eigenvalue weighted by atomic mass is 10.1. The molecule has 0 saturated heterocycles. The average molecular weight is 392 g/mol. The zero-order chi connectivity index (χ0) is 15.2. The van der Waals surface area contributed by atoms with Crippen molar-refractivity contribution in [1.29, 1.82) is 5.26 Å². The molecule has 0 aliphatic rings. The summed E-state index contributed by atoms with van der Waals surface area (Å²) in [6.45, 7) is 1.87. The lowest BCUT2D eigenvalue weighted by molar-refractivity contribution is -0.117. The first-order valence-electron chi connectivity index (χ1n) is 6.33. The highest BCUT2D eigenvalue weighted by atomic mass is 127. The van der Waals surface area contributed by atoms with Crippen molar-refractivity contribution < 1.29 is 9.21 Å². The van der Waals surface area contributed by atoms with Gasteiger partial charge in [0.15, 0.2) is 3.77 Å². The van der Waals surface area contributed by atoms with Crippen molar-refractivity contribution in [3.8, 4) is 6.07 Å². The van der Waals surface area contributed by atoms with Crippen LogP contribution in [-0.2, 0) is 4.79 Å². The number of nitrogens with zero attached hydrogens (tertiary/aromatic N) is 1. The Bertz CT molecular complexity index is 699. The zero-order valence-corrected chi connectivity index (χ0v) is 13.5. The molecule has 0 bridgehead atoms. The number of halogens is 1. The molecule has 1 amide bonds. The van der Waals surface area contributed by atoms with Gasteiger partial charge >= 0.3 is 0 Å². The van der Waals surface area contributed by atoms with Crippen LogP contribution in [0.2, 0.25) is 0 Å². The van der Waals surface area contributed by atoms with Crippen molar-refractivity contribution in [3.05, 3.63) is 63.1 Å². The van der Waals surface area contributed by atoms with Crippen molar-refractivity contribution in [2.45, 2.75) is 13.0 Å².